The van der Waals surface area contributed by atoms with E-state index < -0.39 is 0 Å². The fourth-order valence-electron chi connectivity index (χ4n) is 5.69. The smallest absolute Gasteiger partial charge is 0.0264 e. The summed E-state index contributed by atoms with van der Waals surface area (Å²) in [6.07, 6.45) is 7.60. The minimum Gasteiger partial charge on any atom is -0.0622 e. The lowest BCUT2D eigenvalue weighted by atomic mass is 9.48. The Balaban J connectivity index is 2.04. The van der Waals surface area contributed by atoms with Crippen molar-refractivity contribution in [2.24, 2.45) is 34.5 Å². The lowest BCUT2D eigenvalue weighted by Gasteiger charge is -2.57. The molecule has 0 aromatic carbocycles. The van der Waals surface area contributed by atoms with Crippen molar-refractivity contribution in [3.63, 3.8) is 0 Å². The fourth-order valence-corrected chi connectivity index (χ4v) is 5.69. The van der Waals surface area contributed by atoms with Crippen LogP contribution in [0.15, 0.2) is 0 Å². The van der Waals surface area contributed by atoms with Crippen LogP contribution in [0, 0.1) is 34.5 Å². The van der Waals surface area contributed by atoms with E-state index in [2.05, 4.69) is 27.7 Å². The molecule has 0 amide bonds. The summed E-state index contributed by atoms with van der Waals surface area (Å²) < 4.78 is 0. The lowest BCUT2D eigenvalue weighted by molar-refractivity contribution is -0.0843. The molecule has 0 heteroatoms. The Morgan fingerprint density at radius 2 is 1.60 bits per heavy atom. The minimum absolute atomic E-state index is 0.639. The second kappa shape index (κ2) is 2.81. The molecule has 3 aliphatic carbocycles. The predicted molar refractivity (Wildman–Crippen MR) is 64.6 cm³/mol. The molecule has 15 heavy (non-hydrogen) atoms. The minimum atomic E-state index is 0.639. The summed E-state index contributed by atoms with van der Waals surface area (Å²) in [5.74, 6) is 4.14. The summed E-state index contributed by atoms with van der Waals surface area (Å²) in [5, 5.41) is 0. The highest BCUT2D eigenvalue weighted by Crippen LogP contribution is 2.69. The zero-order chi connectivity index (χ0) is 10.8. The molecule has 2 unspecified atom stereocenters. The molecule has 3 saturated carbocycles. The Hall–Kier alpha value is 0. The first-order chi connectivity index (χ1) is 6.95. The second-order valence-corrected chi connectivity index (χ2v) is 7.61. The summed E-state index contributed by atoms with van der Waals surface area (Å²) in [6.45, 7) is 10.2. The standard InChI is InChI=1S/C15H26/c1-10-5-6-12-11-7-8-15(12,4)13(10)9-14(11,2)3/h10-13H,5-9H2,1-4H3/t10?,11-,12+,13-,15?/m1/s1. The molecule has 0 saturated heterocycles. The largest absolute Gasteiger partial charge is 0.0622 e. The summed E-state index contributed by atoms with van der Waals surface area (Å²) in [7, 11) is 0. The van der Waals surface area contributed by atoms with Crippen molar-refractivity contribution in [1.29, 1.82) is 0 Å². The maximum Gasteiger partial charge on any atom is -0.0264 e. The van der Waals surface area contributed by atoms with Gasteiger partial charge < -0.3 is 0 Å². The lowest BCUT2D eigenvalue weighted by Crippen LogP contribution is -2.50. The van der Waals surface area contributed by atoms with Gasteiger partial charge in [0.2, 0.25) is 0 Å². The molecule has 0 aliphatic heterocycles. The van der Waals surface area contributed by atoms with E-state index in [-0.39, 0.29) is 0 Å². The zero-order valence-corrected chi connectivity index (χ0v) is 10.8. The second-order valence-electron chi connectivity index (χ2n) is 7.61. The van der Waals surface area contributed by atoms with Crippen LogP contribution in [0.3, 0.4) is 0 Å². The first-order valence-corrected chi connectivity index (χ1v) is 6.95. The van der Waals surface area contributed by atoms with Crippen LogP contribution in [-0.2, 0) is 0 Å². The molecule has 3 rings (SSSR count). The maximum atomic E-state index is 2.62. The van der Waals surface area contributed by atoms with Gasteiger partial charge in [-0.05, 0) is 60.2 Å². The van der Waals surface area contributed by atoms with Gasteiger partial charge in [-0.25, -0.2) is 0 Å². The summed E-state index contributed by atoms with van der Waals surface area (Å²) in [6, 6.07) is 0. The van der Waals surface area contributed by atoms with Crippen LogP contribution in [0.4, 0.5) is 0 Å². The van der Waals surface area contributed by atoms with Gasteiger partial charge in [0.1, 0.15) is 0 Å². The van der Waals surface area contributed by atoms with Crippen molar-refractivity contribution in [1.82, 2.24) is 0 Å². The Bertz CT molecular complexity index is 278. The van der Waals surface area contributed by atoms with Gasteiger partial charge in [0.25, 0.3) is 0 Å². The Morgan fingerprint density at radius 1 is 0.867 bits per heavy atom. The average Bonchev–Trinajstić information content (AvgIpc) is 2.44. The topological polar surface area (TPSA) is 0 Å². The number of hydrogen-bond acceptors (Lipinski definition) is 0. The first-order valence-electron chi connectivity index (χ1n) is 6.95. The number of hydrogen-bond donors (Lipinski definition) is 0. The van der Waals surface area contributed by atoms with Gasteiger partial charge in [0, 0.05) is 0 Å². The molecule has 5 atom stereocenters. The third-order valence-corrected chi connectivity index (χ3v) is 6.54. The van der Waals surface area contributed by atoms with Crippen LogP contribution in [0.2, 0.25) is 0 Å². The molecule has 0 spiro atoms. The van der Waals surface area contributed by atoms with Gasteiger partial charge in [-0.2, -0.15) is 0 Å². The van der Waals surface area contributed by atoms with Gasteiger partial charge in [0.15, 0.2) is 0 Å². The zero-order valence-electron chi connectivity index (χ0n) is 10.8. The van der Waals surface area contributed by atoms with Crippen LogP contribution < -0.4 is 0 Å². The fraction of sp³-hybridized carbons (Fsp3) is 1.00. The van der Waals surface area contributed by atoms with E-state index in [1.54, 1.807) is 0 Å². The molecule has 3 fully saturated rings. The van der Waals surface area contributed by atoms with E-state index in [1.807, 2.05) is 0 Å². The third kappa shape index (κ3) is 1.14. The van der Waals surface area contributed by atoms with Crippen molar-refractivity contribution in [2.75, 3.05) is 0 Å². The predicted octanol–water partition coefficient (Wildman–Crippen LogP) is 4.49. The SMILES string of the molecule is CC1CC[C@H]2[C@H]3CCC2(C)[C@@H]1CC3(C)C. The third-order valence-electron chi connectivity index (χ3n) is 6.54. The van der Waals surface area contributed by atoms with Crippen LogP contribution in [0.5, 0.6) is 0 Å². The van der Waals surface area contributed by atoms with Crippen LogP contribution in [-0.4, -0.2) is 0 Å². The molecular weight excluding hydrogens is 180 g/mol. The van der Waals surface area contributed by atoms with E-state index in [9.17, 15) is 0 Å². The molecular formula is C15H26. The number of rotatable bonds is 0. The summed E-state index contributed by atoms with van der Waals surface area (Å²) >= 11 is 0. The molecule has 0 heterocycles. The molecule has 86 valence electrons. The van der Waals surface area contributed by atoms with E-state index >= 15 is 0 Å². The van der Waals surface area contributed by atoms with Gasteiger partial charge in [-0.3, -0.25) is 0 Å². The van der Waals surface area contributed by atoms with Crippen molar-refractivity contribution in [3.8, 4) is 0 Å². The Labute approximate surface area is 94.8 Å². The summed E-state index contributed by atoms with van der Waals surface area (Å²) in [5.41, 5.74) is 1.37. The van der Waals surface area contributed by atoms with Gasteiger partial charge in [0.05, 0.1) is 0 Å². The van der Waals surface area contributed by atoms with Crippen LogP contribution >= 0.6 is 0 Å². The van der Waals surface area contributed by atoms with Gasteiger partial charge >= 0.3 is 0 Å². The highest BCUT2D eigenvalue weighted by molar-refractivity contribution is 5.10. The molecule has 3 aliphatic rings. The highest BCUT2D eigenvalue weighted by Gasteiger charge is 2.61. The van der Waals surface area contributed by atoms with Gasteiger partial charge in [-0.1, -0.05) is 34.1 Å². The van der Waals surface area contributed by atoms with E-state index in [0.717, 1.165) is 29.1 Å². The molecule has 0 nitrogen and oxygen atoms in total. The van der Waals surface area contributed by atoms with Crippen molar-refractivity contribution in [2.45, 2.75) is 59.8 Å². The Kier molecular flexibility index (Phi) is 1.91. The normalized spacial score (nSPS) is 56.8. The summed E-state index contributed by atoms with van der Waals surface area (Å²) in [4.78, 5) is 0. The first kappa shape index (κ1) is 10.2. The average molecular weight is 206 g/mol. The van der Waals surface area contributed by atoms with Crippen LogP contribution in [0.25, 0.3) is 0 Å². The molecule has 0 N–H and O–H groups in total. The van der Waals surface area contributed by atoms with Gasteiger partial charge in [-0.15, -0.1) is 0 Å². The van der Waals surface area contributed by atoms with E-state index in [0.29, 0.717) is 5.41 Å². The quantitative estimate of drug-likeness (QED) is 0.547. The molecule has 4 bridgehead atoms. The molecule has 0 radical (unpaired) electrons. The molecule has 0 aromatic heterocycles. The van der Waals surface area contributed by atoms with E-state index in [1.165, 1.54) is 32.1 Å². The maximum absolute atomic E-state index is 2.62. The monoisotopic (exact) mass is 206 g/mol. The van der Waals surface area contributed by atoms with Crippen molar-refractivity contribution >= 4 is 0 Å². The Morgan fingerprint density at radius 3 is 2.33 bits per heavy atom. The molecule has 0 aromatic rings. The van der Waals surface area contributed by atoms with Crippen LogP contribution in [0.1, 0.15) is 59.8 Å². The van der Waals surface area contributed by atoms with E-state index in [4.69, 9.17) is 0 Å². The highest BCUT2D eigenvalue weighted by atomic mass is 14.7. The van der Waals surface area contributed by atoms with Crippen molar-refractivity contribution in [3.05, 3.63) is 0 Å². The van der Waals surface area contributed by atoms with Crippen molar-refractivity contribution < 1.29 is 0 Å².